The molecule has 1 amide bonds. The van der Waals surface area contributed by atoms with Gasteiger partial charge in [0.15, 0.2) is 6.04 Å². The highest BCUT2D eigenvalue weighted by molar-refractivity contribution is 9.10. The number of alkyl carbamates (subject to hydrolysis) is 1. The lowest BCUT2D eigenvalue weighted by atomic mass is 9.98. The van der Waals surface area contributed by atoms with E-state index in [-0.39, 0.29) is 12.5 Å². The van der Waals surface area contributed by atoms with E-state index in [1.54, 1.807) is 12.3 Å². The third-order valence-corrected chi connectivity index (χ3v) is 5.29. The second kappa shape index (κ2) is 7.52. The minimum Gasteiger partial charge on any atom is -0.479 e. The summed E-state index contributed by atoms with van der Waals surface area (Å²) in [5.41, 5.74) is 4.81. The number of ether oxygens (including phenoxy) is 1. The lowest BCUT2D eigenvalue weighted by molar-refractivity contribution is -0.139. The standard InChI is InChI=1S/C21H17BrN2O4/c22-12-9-18(23-10-12)19(20(25)26)24-21(27)28-11-17-15-7-3-1-5-13(15)14-6-2-4-8-16(14)17/h1-10,17,19,23H,11H2,(H,24,27)(H,25,26). The van der Waals surface area contributed by atoms with Crippen molar-refractivity contribution in [1.29, 1.82) is 0 Å². The van der Waals surface area contributed by atoms with Gasteiger partial charge in [-0.3, -0.25) is 0 Å². The SMILES string of the molecule is O=C(NC(C(=O)O)c1cc(Br)c[nH]1)OCC1c2ccccc2-c2ccccc21. The second-order valence-corrected chi connectivity index (χ2v) is 7.43. The van der Waals surface area contributed by atoms with Crippen molar-refractivity contribution in [3.63, 3.8) is 0 Å². The number of amides is 1. The zero-order valence-electron chi connectivity index (χ0n) is 14.7. The zero-order chi connectivity index (χ0) is 19.7. The molecule has 0 fully saturated rings. The molecule has 6 nitrogen and oxygen atoms in total. The van der Waals surface area contributed by atoms with Crippen LogP contribution in [-0.4, -0.2) is 28.8 Å². The number of carbonyl (C=O) groups excluding carboxylic acids is 1. The van der Waals surface area contributed by atoms with Gasteiger partial charge in [0.05, 0.1) is 5.69 Å². The van der Waals surface area contributed by atoms with Crippen molar-refractivity contribution in [1.82, 2.24) is 10.3 Å². The van der Waals surface area contributed by atoms with E-state index in [1.807, 2.05) is 36.4 Å². The highest BCUT2D eigenvalue weighted by Gasteiger charge is 2.30. The number of hydrogen-bond acceptors (Lipinski definition) is 3. The molecule has 28 heavy (non-hydrogen) atoms. The number of nitrogens with one attached hydrogen (secondary N) is 2. The summed E-state index contributed by atoms with van der Waals surface area (Å²) in [6.45, 7) is 0.126. The van der Waals surface area contributed by atoms with Gasteiger partial charge in [0.1, 0.15) is 6.61 Å². The Bertz CT molecular complexity index is 1000. The first-order valence-corrected chi connectivity index (χ1v) is 9.52. The minimum absolute atomic E-state index is 0.0824. The molecule has 0 saturated carbocycles. The fraction of sp³-hybridized carbons (Fsp3) is 0.143. The Morgan fingerprint density at radius 1 is 1.11 bits per heavy atom. The summed E-state index contributed by atoms with van der Waals surface area (Å²) >= 11 is 3.25. The summed E-state index contributed by atoms with van der Waals surface area (Å²) in [5.74, 6) is -1.26. The number of H-pyrrole nitrogens is 1. The smallest absolute Gasteiger partial charge is 0.408 e. The van der Waals surface area contributed by atoms with E-state index < -0.39 is 18.1 Å². The Balaban J connectivity index is 1.48. The highest BCUT2D eigenvalue weighted by Crippen LogP contribution is 2.44. The largest absolute Gasteiger partial charge is 0.479 e. The molecular weight excluding hydrogens is 424 g/mol. The molecule has 2 aromatic carbocycles. The Morgan fingerprint density at radius 3 is 2.25 bits per heavy atom. The van der Waals surface area contributed by atoms with Crippen LogP contribution in [0.1, 0.15) is 28.8 Å². The van der Waals surface area contributed by atoms with Crippen molar-refractivity contribution in [2.24, 2.45) is 0 Å². The predicted octanol–water partition coefficient (Wildman–Crippen LogP) is 4.44. The molecule has 1 aliphatic rings. The Hall–Kier alpha value is -3.06. The van der Waals surface area contributed by atoms with E-state index in [0.29, 0.717) is 10.2 Å². The van der Waals surface area contributed by atoms with Gasteiger partial charge >= 0.3 is 12.1 Å². The number of benzene rings is 2. The third kappa shape index (κ3) is 3.41. The van der Waals surface area contributed by atoms with Crippen molar-refractivity contribution in [3.05, 3.63) is 82.1 Å². The van der Waals surface area contributed by atoms with Crippen LogP contribution in [-0.2, 0) is 9.53 Å². The molecule has 0 radical (unpaired) electrons. The summed E-state index contributed by atoms with van der Waals surface area (Å²) in [6, 6.07) is 16.4. The van der Waals surface area contributed by atoms with Gasteiger partial charge in [-0.15, -0.1) is 0 Å². The van der Waals surface area contributed by atoms with Gasteiger partial charge < -0.3 is 20.1 Å². The van der Waals surface area contributed by atoms with Crippen molar-refractivity contribution in [2.75, 3.05) is 6.61 Å². The van der Waals surface area contributed by atoms with Crippen molar-refractivity contribution >= 4 is 28.0 Å². The molecule has 0 bridgehead atoms. The number of aromatic amines is 1. The maximum absolute atomic E-state index is 12.3. The minimum atomic E-state index is -1.22. The Morgan fingerprint density at radius 2 is 1.71 bits per heavy atom. The maximum atomic E-state index is 12.3. The molecule has 0 spiro atoms. The number of aliphatic carboxylic acids is 1. The van der Waals surface area contributed by atoms with E-state index in [4.69, 9.17) is 4.74 Å². The van der Waals surface area contributed by atoms with Gasteiger partial charge in [-0.2, -0.15) is 0 Å². The van der Waals surface area contributed by atoms with Crippen molar-refractivity contribution in [3.8, 4) is 11.1 Å². The summed E-state index contributed by atoms with van der Waals surface area (Å²) in [7, 11) is 0. The van der Waals surface area contributed by atoms with Crippen molar-refractivity contribution < 1.29 is 19.4 Å². The molecule has 1 aliphatic carbocycles. The molecule has 3 aromatic rings. The molecule has 1 unspecified atom stereocenters. The first-order valence-electron chi connectivity index (χ1n) is 8.72. The molecule has 1 aromatic heterocycles. The Kier molecular flexibility index (Phi) is 4.92. The monoisotopic (exact) mass is 440 g/mol. The van der Waals surface area contributed by atoms with Crippen LogP contribution >= 0.6 is 15.9 Å². The summed E-state index contributed by atoms with van der Waals surface area (Å²) in [5, 5.41) is 11.8. The molecule has 3 N–H and O–H groups in total. The number of fused-ring (bicyclic) bond motifs is 3. The van der Waals surface area contributed by atoms with Gasteiger partial charge in [0, 0.05) is 16.6 Å². The molecule has 0 aliphatic heterocycles. The fourth-order valence-electron chi connectivity index (χ4n) is 3.58. The van der Waals surface area contributed by atoms with Crippen LogP contribution in [0.15, 0.2) is 65.3 Å². The number of carboxylic acids is 1. The predicted molar refractivity (Wildman–Crippen MR) is 107 cm³/mol. The maximum Gasteiger partial charge on any atom is 0.408 e. The number of aromatic nitrogens is 1. The molecule has 1 heterocycles. The van der Waals surface area contributed by atoms with Gasteiger partial charge in [-0.1, -0.05) is 48.5 Å². The summed E-state index contributed by atoms with van der Waals surface area (Å²) < 4.78 is 6.11. The van der Waals surface area contributed by atoms with Crippen molar-refractivity contribution in [2.45, 2.75) is 12.0 Å². The average molecular weight is 441 g/mol. The molecular formula is C21H17BrN2O4. The second-order valence-electron chi connectivity index (χ2n) is 6.51. The normalized spacial score (nSPS) is 13.5. The highest BCUT2D eigenvalue weighted by atomic mass is 79.9. The molecule has 4 rings (SSSR count). The van der Waals surface area contributed by atoms with Crippen LogP contribution in [0.4, 0.5) is 4.79 Å². The van der Waals surface area contributed by atoms with E-state index in [0.717, 1.165) is 22.3 Å². The lowest BCUT2D eigenvalue weighted by Crippen LogP contribution is -2.35. The number of halogens is 1. The number of rotatable bonds is 5. The van der Waals surface area contributed by atoms with Gasteiger partial charge in [-0.05, 0) is 44.3 Å². The molecule has 142 valence electrons. The van der Waals surface area contributed by atoms with E-state index in [2.05, 4.69) is 38.4 Å². The van der Waals surface area contributed by atoms with Crippen LogP contribution < -0.4 is 5.32 Å². The molecule has 1 atom stereocenters. The van der Waals surface area contributed by atoms with Crippen LogP contribution in [0.5, 0.6) is 0 Å². The van der Waals surface area contributed by atoms with E-state index in [1.165, 1.54) is 0 Å². The van der Waals surface area contributed by atoms with Crippen LogP contribution in [0.25, 0.3) is 11.1 Å². The number of carbonyl (C=O) groups is 2. The van der Waals surface area contributed by atoms with Crippen LogP contribution in [0.2, 0.25) is 0 Å². The first kappa shape index (κ1) is 18.3. The molecule has 0 saturated heterocycles. The Labute approximate surface area is 169 Å². The van der Waals surface area contributed by atoms with E-state index in [9.17, 15) is 14.7 Å². The average Bonchev–Trinajstić information content (AvgIpc) is 3.26. The molecule has 7 heteroatoms. The van der Waals surface area contributed by atoms with E-state index >= 15 is 0 Å². The van der Waals surface area contributed by atoms with Crippen LogP contribution in [0, 0.1) is 0 Å². The lowest BCUT2D eigenvalue weighted by Gasteiger charge is -2.17. The fourth-order valence-corrected chi connectivity index (χ4v) is 3.94. The van der Waals surface area contributed by atoms with Gasteiger partial charge in [0.25, 0.3) is 0 Å². The van der Waals surface area contributed by atoms with Gasteiger partial charge in [0.2, 0.25) is 0 Å². The quantitative estimate of drug-likeness (QED) is 0.546. The number of carboxylic acid groups (broad SMARTS) is 1. The van der Waals surface area contributed by atoms with Gasteiger partial charge in [-0.25, -0.2) is 9.59 Å². The summed E-state index contributed by atoms with van der Waals surface area (Å²) in [4.78, 5) is 26.6. The zero-order valence-corrected chi connectivity index (χ0v) is 16.3. The summed E-state index contributed by atoms with van der Waals surface area (Å²) in [6.07, 6.45) is 0.824. The third-order valence-electron chi connectivity index (χ3n) is 4.83. The first-order chi connectivity index (χ1) is 13.5. The topological polar surface area (TPSA) is 91.4 Å². The number of hydrogen-bond donors (Lipinski definition) is 3. The van der Waals surface area contributed by atoms with Crippen LogP contribution in [0.3, 0.4) is 0 Å².